The Kier molecular flexibility index (Phi) is 15.7. The van der Waals surface area contributed by atoms with E-state index in [9.17, 15) is 31.2 Å². The van der Waals surface area contributed by atoms with Crippen molar-refractivity contribution in [3.05, 3.63) is 47.5 Å². The van der Waals surface area contributed by atoms with Gasteiger partial charge < -0.3 is 25.6 Å². The van der Waals surface area contributed by atoms with Gasteiger partial charge in [0.2, 0.25) is 21.8 Å². The van der Waals surface area contributed by atoms with Crippen LogP contribution in [0.15, 0.2) is 46.3 Å². The quantitative estimate of drug-likeness (QED) is 0.143. The van der Waals surface area contributed by atoms with Crippen molar-refractivity contribution in [1.29, 1.82) is 0 Å². The second-order valence-electron chi connectivity index (χ2n) is 12.9. The predicted molar refractivity (Wildman–Crippen MR) is 189 cm³/mol. The number of benzene rings is 2. The number of hydrogen-bond donors (Lipinski definition) is 5. The molecule has 4 rings (SSSR count). The van der Waals surface area contributed by atoms with Crippen LogP contribution < -0.4 is 30.6 Å². The Morgan fingerprint density at radius 1 is 0.942 bits per heavy atom. The van der Waals surface area contributed by atoms with Gasteiger partial charge in [-0.2, -0.15) is 13.2 Å². The first-order valence-electron chi connectivity index (χ1n) is 17.1. The summed E-state index contributed by atoms with van der Waals surface area (Å²) in [4.78, 5) is 40.0. The maximum atomic E-state index is 13.7. The first-order valence-corrected chi connectivity index (χ1v) is 18.6. The number of guanidine groups is 1. The number of carbonyl (C=O) groups excluding carboxylic acids is 2. The summed E-state index contributed by atoms with van der Waals surface area (Å²) >= 11 is 0. The van der Waals surface area contributed by atoms with Crippen LogP contribution in [0.1, 0.15) is 81.8 Å². The third-order valence-corrected chi connectivity index (χ3v) is 10.4. The van der Waals surface area contributed by atoms with Gasteiger partial charge in [-0.1, -0.05) is 63.5 Å². The van der Waals surface area contributed by atoms with Gasteiger partial charge in [0.1, 0.15) is 6.04 Å². The minimum Gasteiger partial charge on any atom is -0.493 e. The van der Waals surface area contributed by atoms with E-state index >= 15 is 0 Å². The lowest BCUT2D eigenvalue weighted by Gasteiger charge is -2.25. The number of ether oxygens (including phenoxy) is 2. The fraction of sp³-hybridized carbons (Fsp3) is 0.543. The number of methoxy groups -OCH3 is 2. The second kappa shape index (κ2) is 19.5. The molecule has 0 unspecified atom stereocenters. The zero-order valence-electron chi connectivity index (χ0n) is 29.6. The van der Waals surface area contributed by atoms with Crippen LogP contribution in [0.3, 0.4) is 0 Å². The summed E-state index contributed by atoms with van der Waals surface area (Å²) in [6.45, 7) is 1.81. The minimum absolute atomic E-state index is 0.0193. The molecule has 288 valence electrons. The first-order chi connectivity index (χ1) is 24.5. The highest BCUT2D eigenvalue weighted by molar-refractivity contribution is 7.89. The highest BCUT2D eigenvalue weighted by Crippen LogP contribution is 2.30. The molecule has 0 aromatic heterocycles. The molecule has 0 aliphatic heterocycles. The summed E-state index contributed by atoms with van der Waals surface area (Å²) in [6.07, 6.45) is 5.51. The largest absolute Gasteiger partial charge is 0.493 e. The van der Waals surface area contributed by atoms with E-state index in [1.807, 2.05) is 6.92 Å². The average molecular weight is 756 g/mol. The lowest BCUT2D eigenvalue weighted by molar-refractivity contribution is -0.192. The molecule has 6 N–H and O–H groups in total. The Morgan fingerprint density at radius 3 is 2.12 bits per heavy atom. The number of aryl methyl sites for hydroxylation is 1. The van der Waals surface area contributed by atoms with Gasteiger partial charge in [0.15, 0.2) is 17.5 Å². The molecule has 0 spiro atoms. The number of alkyl halides is 3. The third-order valence-electron chi connectivity index (χ3n) is 8.91. The van der Waals surface area contributed by atoms with E-state index < -0.39 is 34.1 Å². The summed E-state index contributed by atoms with van der Waals surface area (Å²) in [5.74, 6) is -2.35. The molecule has 0 heterocycles. The van der Waals surface area contributed by atoms with E-state index in [0.29, 0.717) is 35.1 Å². The molecule has 2 aliphatic carbocycles. The van der Waals surface area contributed by atoms with Crippen molar-refractivity contribution in [2.75, 3.05) is 19.5 Å². The molecule has 52 heavy (non-hydrogen) atoms. The number of sulfonamides is 1. The number of amides is 2. The normalized spacial score (nSPS) is 16.5. The first kappa shape index (κ1) is 42.0. The molecule has 0 bridgehead atoms. The van der Waals surface area contributed by atoms with E-state index in [0.717, 1.165) is 63.4 Å². The summed E-state index contributed by atoms with van der Waals surface area (Å²) in [6, 6.07) is 8.98. The predicted octanol–water partition coefficient (Wildman–Crippen LogP) is 5.21. The number of carbonyl (C=O) groups is 3. The monoisotopic (exact) mass is 755 g/mol. The van der Waals surface area contributed by atoms with Crippen LogP contribution in [0.4, 0.5) is 18.9 Å². The molecule has 2 aromatic rings. The average Bonchev–Trinajstić information content (AvgIpc) is 3.09. The van der Waals surface area contributed by atoms with E-state index in [1.54, 1.807) is 30.3 Å². The van der Waals surface area contributed by atoms with Gasteiger partial charge in [-0.3, -0.25) is 14.9 Å². The summed E-state index contributed by atoms with van der Waals surface area (Å²) < 4.78 is 71.5. The molecule has 2 amide bonds. The Labute approximate surface area is 302 Å². The number of nitrogens with zero attached hydrogens (tertiary/aromatic N) is 1. The van der Waals surface area contributed by atoms with E-state index in [4.69, 9.17) is 25.1 Å². The van der Waals surface area contributed by atoms with Gasteiger partial charge >= 0.3 is 12.1 Å². The molecular formula is C35H48F3N5O8S. The molecule has 2 fully saturated rings. The molecule has 2 aliphatic rings. The summed E-state index contributed by atoms with van der Waals surface area (Å²) in [5, 5.41) is 12.6. The van der Waals surface area contributed by atoms with Crippen LogP contribution in [-0.4, -0.2) is 69.7 Å². The number of hydrogen-bond acceptors (Lipinski definition) is 8. The van der Waals surface area contributed by atoms with Crippen molar-refractivity contribution in [2.45, 2.75) is 107 Å². The molecule has 0 radical (unpaired) electrons. The van der Waals surface area contributed by atoms with Crippen molar-refractivity contribution in [2.24, 2.45) is 16.6 Å². The van der Waals surface area contributed by atoms with Crippen LogP contribution in [0, 0.1) is 12.8 Å². The van der Waals surface area contributed by atoms with Crippen molar-refractivity contribution in [1.82, 2.24) is 10.0 Å². The van der Waals surface area contributed by atoms with Gasteiger partial charge in [-0.25, -0.2) is 22.9 Å². The Morgan fingerprint density at radius 2 is 1.54 bits per heavy atom. The number of anilines is 1. The Hall–Kier alpha value is -4.38. The standard InChI is InChI=1S/C33H47N5O6S.C2HF3O2/c1-22-14-16-26(45(41,42)38-25-12-8-5-9-13-25)21-27(22)35-32(40)28(18-23-10-6-4-7-11-23)36-33(34)37-31(39)20-24-15-17-29(43-2)30(19-24)44-3;3-2(4,5)1(6)7/h14-17,19,21,23,25,28,38H,4-13,18,20H2,1-3H3,(H,35,40)(H3,34,36,37,39);(H,6,7)/t28-;/m1./s1. The van der Waals surface area contributed by atoms with Gasteiger partial charge in [-0.15, -0.1) is 0 Å². The second-order valence-corrected chi connectivity index (χ2v) is 14.6. The number of aliphatic carboxylic acids is 1. The van der Waals surface area contributed by atoms with Gasteiger partial charge in [0.25, 0.3) is 0 Å². The number of nitrogens with one attached hydrogen (secondary N) is 3. The molecule has 13 nitrogen and oxygen atoms in total. The molecule has 0 saturated heterocycles. The van der Waals surface area contributed by atoms with Crippen molar-refractivity contribution in [3.63, 3.8) is 0 Å². The molecule has 1 atom stereocenters. The van der Waals surface area contributed by atoms with Crippen LogP contribution >= 0.6 is 0 Å². The smallest absolute Gasteiger partial charge is 0.490 e. The molecular weight excluding hydrogens is 707 g/mol. The van der Waals surface area contributed by atoms with E-state index in [2.05, 4.69) is 20.3 Å². The number of aliphatic imine (C=N–C) groups is 1. The van der Waals surface area contributed by atoms with E-state index in [1.165, 1.54) is 26.7 Å². The summed E-state index contributed by atoms with van der Waals surface area (Å²) in [7, 11) is -0.695. The number of nitrogens with two attached hydrogens (primary N) is 1. The number of carboxylic acid groups (broad SMARTS) is 1. The third kappa shape index (κ3) is 13.3. The topological polar surface area (TPSA) is 199 Å². The van der Waals surface area contributed by atoms with Crippen LogP contribution in [0.5, 0.6) is 11.5 Å². The van der Waals surface area contributed by atoms with Gasteiger partial charge in [-0.05, 0) is 67.5 Å². The van der Waals surface area contributed by atoms with Crippen molar-refractivity contribution >= 4 is 39.5 Å². The maximum Gasteiger partial charge on any atom is 0.490 e. The van der Waals surface area contributed by atoms with Crippen molar-refractivity contribution < 1.29 is 50.6 Å². The SMILES string of the molecule is COc1ccc(CC(=O)NC(N)=N[C@H](CC2CCCCC2)C(=O)Nc2cc(S(=O)(=O)NC3CCCCC3)ccc2C)cc1OC.O=C(O)C(F)(F)F. The fourth-order valence-corrected chi connectivity index (χ4v) is 7.48. The highest BCUT2D eigenvalue weighted by Gasteiger charge is 2.38. The minimum atomic E-state index is -5.08. The van der Waals surface area contributed by atoms with Crippen LogP contribution in [0.2, 0.25) is 0 Å². The van der Waals surface area contributed by atoms with Crippen LogP contribution in [0.25, 0.3) is 0 Å². The van der Waals surface area contributed by atoms with E-state index in [-0.39, 0.29) is 29.2 Å². The lowest BCUT2D eigenvalue weighted by Crippen LogP contribution is -2.40. The lowest BCUT2D eigenvalue weighted by atomic mass is 9.84. The van der Waals surface area contributed by atoms with Crippen molar-refractivity contribution in [3.8, 4) is 11.5 Å². The Balaban J connectivity index is 0.000000944. The van der Waals surface area contributed by atoms with Gasteiger partial charge in [0.05, 0.1) is 25.5 Å². The number of carboxylic acids is 1. The molecule has 2 saturated carbocycles. The molecule has 17 heteroatoms. The van der Waals surface area contributed by atoms with Gasteiger partial charge in [0, 0.05) is 11.7 Å². The Bertz CT molecular complexity index is 1670. The number of rotatable bonds is 12. The zero-order chi connectivity index (χ0) is 38.5. The molecule has 2 aromatic carbocycles. The fourth-order valence-electron chi connectivity index (χ4n) is 6.15. The maximum absolute atomic E-state index is 13.7. The highest BCUT2D eigenvalue weighted by atomic mass is 32.2. The zero-order valence-corrected chi connectivity index (χ0v) is 30.4. The summed E-state index contributed by atoms with van der Waals surface area (Å²) in [5.41, 5.74) is 7.98. The van der Waals surface area contributed by atoms with Crippen LogP contribution in [-0.2, 0) is 30.8 Å². The number of halogens is 3.